The zero-order valence-corrected chi connectivity index (χ0v) is 20.6. The Bertz CT molecular complexity index is 861. The highest BCUT2D eigenvalue weighted by molar-refractivity contribution is 5.96. The molecule has 34 heavy (non-hydrogen) atoms. The molecule has 0 bridgehead atoms. The van der Waals surface area contributed by atoms with Crippen molar-refractivity contribution < 1.29 is 24.0 Å². The van der Waals surface area contributed by atoms with E-state index in [1.165, 1.54) is 11.8 Å². The van der Waals surface area contributed by atoms with Gasteiger partial charge < -0.3 is 24.5 Å². The number of hydrogen-bond donors (Lipinski definition) is 0. The summed E-state index contributed by atoms with van der Waals surface area (Å²) in [5, 5.41) is 0. The van der Waals surface area contributed by atoms with Crippen LogP contribution in [0.2, 0.25) is 0 Å². The number of amides is 5. The molecule has 0 saturated carbocycles. The molecule has 4 aliphatic rings. The van der Waals surface area contributed by atoms with Gasteiger partial charge in [0.25, 0.3) is 0 Å². The molecule has 4 rings (SSSR count). The van der Waals surface area contributed by atoms with Crippen molar-refractivity contribution in [2.45, 2.75) is 82.5 Å². The van der Waals surface area contributed by atoms with Crippen LogP contribution in [-0.4, -0.2) is 118 Å². The molecule has 5 amide bonds. The minimum Gasteiger partial charge on any atom is -0.347 e. The van der Waals surface area contributed by atoms with E-state index in [0.29, 0.717) is 51.9 Å². The van der Waals surface area contributed by atoms with E-state index in [1.54, 1.807) is 33.7 Å². The van der Waals surface area contributed by atoms with E-state index in [-0.39, 0.29) is 29.5 Å². The number of carbonyl (C=O) groups is 5. The summed E-state index contributed by atoms with van der Waals surface area (Å²) in [6.45, 7) is 3.56. The van der Waals surface area contributed by atoms with Crippen molar-refractivity contribution in [3.63, 3.8) is 0 Å². The molecule has 4 heterocycles. The molecule has 0 N–H and O–H groups in total. The second kappa shape index (κ2) is 9.92. The Balaban J connectivity index is 1.47. The fourth-order valence-corrected chi connectivity index (χ4v) is 6.13. The highest BCUT2D eigenvalue weighted by Gasteiger charge is 2.47. The molecule has 0 aliphatic carbocycles. The van der Waals surface area contributed by atoms with Gasteiger partial charge in [-0.2, -0.15) is 0 Å². The lowest BCUT2D eigenvalue weighted by Crippen LogP contribution is -2.57. The Hall–Kier alpha value is -2.65. The van der Waals surface area contributed by atoms with Crippen LogP contribution in [0.4, 0.5) is 0 Å². The highest BCUT2D eigenvalue weighted by atomic mass is 16.2. The summed E-state index contributed by atoms with van der Waals surface area (Å²) < 4.78 is 0. The zero-order valence-electron chi connectivity index (χ0n) is 20.6. The molecule has 4 fully saturated rings. The van der Waals surface area contributed by atoms with Gasteiger partial charge in [-0.15, -0.1) is 0 Å². The van der Waals surface area contributed by atoms with Crippen molar-refractivity contribution >= 4 is 29.5 Å². The third-order valence-corrected chi connectivity index (χ3v) is 7.85. The van der Waals surface area contributed by atoms with Crippen LogP contribution in [0, 0.1) is 0 Å². The molecule has 0 aromatic carbocycles. The van der Waals surface area contributed by atoms with Crippen LogP contribution in [0.5, 0.6) is 0 Å². The summed E-state index contributed by atoms with van der Waals surface area (Å²) in [4.78, 5) is 73.1. The quantitative estimate of drug-likeness (QED) is 0.572. The highest BCUT2D eigenvalue weighted by Crippen LogP contribution is 2.30. The number of nitrogens with zero attached hydrogens (tertiary/aromatic N) is 5. The first kappa shape index (κ1) is 24.5. The molecule has 188 valence electrons. The summed E-state index contributed by atoms with van der Waals surface area (Å²) >= 11 is 0. The predicted molar refractivity (Wildman–Crippen MR) is 123 cm³/mol. The maximum absolute atomic E-state index is 13.7. The lowest BCUT2D eigenvalue weighted by atomic mass is 10.1. The minimum absolute atomic E-state index is 0.0825. The SMILES string of the molecule is CC(=O)N1CCC[C@H]1C(=O)N1CCC[C@H]1C(=O)N1CCC[C@H]1C(=O)N1CCC[C@H]1C(=O)N(C)C. The van der Waals surface area contributed by atoms with Crippen LogP contribution in [0.15, 0.2) is 0 Å². The molecule has 4 saturated heterocycles. The molecule has 0 unspecified atom stereocenters. The number of rotatable bonds is 4. The monoisotopic (exact) mass is 475 g/mol. The Morgan fingerprint density at radius 2 is 0.882 bits per heavy atom. The Labute approximate surface area is 201 Å². The number of hydrogen-bond acceptors (Lipinski definition) is 5. The van der Waals surface area contributed by atoms with Crippen LogP contribution in [-0.2, 0) is 24.0 Å². The molecule has 0 spiro atoms. The molecule has 0 radical (unpaired) electrons. The molecule has 0 aromatic rings. The zero-order chi connectivity index (χ0) is 24.6. The first-order valence-electron chi connectivity index (χ1n) is 12.6. The van der Waals surface area contributed by atoms with E-state index in [2.05, 4.69) is 0 Å². The largest absolute Gasteiger partial charge is 0.347 e. The van der Waals surface area contributed by atoms with Gasteiger partial charge in [0, 0.05) is 47.2 Å². The van der Waals surface area contributed by atoms with Crippen LogP contribution in [0.3, 0.4) is 0 Å². The summed E-state index contributed by atoms with van der Waals surface area (Å²) in [6.07, 6.45) is 5.42. The van der Waals surface area contributed by atoms with E-state index in [9.17, 15) is 24.0 Å². The topological polar surface area (TPSA) is 102 Å². The summed E-state index contributed by atoms with van der Waals surface area (Å²) in [6, 6.07) is -2.14. The van der Waals surface area contributed by atoms with Crippen molar-refractivity contribution in [3.8, 4) is 0 Å². The summed E-state index contributed by atoms with van der Waals surface area (Å²) in [5.74, 6) is -0.681. The lowest BCUT2D eigenvalue weighted by Gasteiger charge is -2.35. The van der Waals surface area contributed by atoms with E-state index in [0.717, 1.165) is 25.7 Å². The van der Waals surface area contributed by atoms with Crippen molar-refractivity contribution in [3.05, 3.63) is 0 Å². The molecular formula is C24H37N5O5. The standard InChI is InChI=1S/C24H37N5O5/c1-16(30)26-12-4-9-18(26)22(32)28-14-6-11-20(28)24(34)29-15-7-10-19(29)23(33)27-13-5-8-17(27)21(31)25(2)3/h17-20H,4-15H2,1-3H3/t17-,18-,19-,20-/m0/s1. The van der Waals surface area contributed by atoms with Crippen molar-refractivity contribution in [1.82, 2.24) is 24.5 Å². The van der Waals surface area contributed by atoms with Gasteiger partial charge in [-0.25, -0.2) is 0 Å². The third kappa shape index (κ3) is 4.38. The fraction of sp³-hybridized carbons (Fsp3) is 0.792. The van der Waals surface area contributed by atoms with E-state index in [4.69, 9.17) is 0 Å². The van der Waals surface area contributed by atoms with Gasteiger partial charge in [0.2, 0.25) is 29.5 Å². The molecular weight excluding hydrogens is 438 g/mol. The predicted octanol–water partition coefficient (Wildman–Crippen LogP) is 0.0585. The van der Waals surface area contributed by atoms with Crippen LogP contribution < -0.4 is 0 Å². The fourth-order valence-electron chi connectivity index (χ4n) is 6.13. The summed E-state index contributed by atoms with van der Waals surface area (Å²) in [7, 11) is 3.38. The van der Waals surface area contributed by atoms with E-state index < -0.39 is 24.2 Å². The van der Waals surface area contributed by atoms with Crippen molar-refractivity contribution in [2.75, 3.05) is 40.3 Å². The number of likely N-dealkylation sites (tertiary alicyclic amines) is 4. The molecule has 4 aliphatic heterocycles. The number of carbonyl (C=O) groups excluding carboxylic acids is 5. The van der Waals surface area contributed by atoms with Gasteiger partial charge in [-0.3, -0.25) is 24.0 Å². The average Bonchev–Trinajstić information content (AvgIpc) is 3.62. The van der Waals surface area contributed by atoms with E-state index in [1.807, 2.05) is 0 Å². The molecule has 10 nitrogen and oxygen atoms in total. The molecule has 10 heteroatoms. The third-order valence-electron chi connectivity index (χ3n) is 7.85. The molecule has 4 atom stereocenters. The molecule has 0 aromatic heterocycles. The van der Waals surface area contributed by atoms with Crippen molar-refractivity contribution in [1.29, 1.82) is 0 Å². The first-order chi connectivity index (χ1) is 16.2. The van der Waals surface area contributed by atoms with Gasteiger partial charge in [0.1, 0.15) is 24.2 Å². The lowest BCUT2D eigenvalue weighted by molar-refractivity contribution is -0.152. The van der Waals surface area contributed by atoms with Gasteiger partial charge in [-0.05, 0) is 51.4 Å². The van der Waals surface area contributed by atoms with Crippen LogP contribution in [0.1, 0.15) is 58.3 Å². The van der Waals surface area contributed by atoms with Gasteiger partial charge >= 0.3 is 0 Å². The maximum Gasteiger partial charge on any atom is 0.246 e. The normalized spacial score (nSPS) is 29.1. The van der Waals surface area contributed by atoms with Crippen LogP contribution in [0.25, 0.3) is 0 Å². The maximum atomic E-state index is 13.7. The number of likely N-dealkylation sites (N-methyl/N-ethyl adjacent to an activating group) is 1. The second-order valence-electron chi connectivity index (χ2n) is 10.2. The van der Waals surface area contributed by atoms with Gasteiger partial charge in [0.05, 0.1) is 0 Å². The van der Waals surface area contributed by atoms with E-state index >= 15 is 0 Å². The minimum atomic E-state index is -0.590. The second-order valence-corrected chi connectivity index (χ2v) is 10.2. The van der Waals surface area contributed by atoms with Gasteiger partial charge in [0.15, 0.2) is 0 Å². The Morgan fingerprint density at radius 1 is 0.559 bits per heavy atom. The average molecular weight is 476 g/mol. The Morgan fingerprint density at radius 3 is 1.26 bits per heavy atom. The van der Waals surface area contributed by atoms with Crippen molar-refractivity contribution in [2.24, 2.45) is 0 Å². The summed E-state index contributed by atoms with van der Waals surface area (Å²) in [5.41, 5.74) is 0. The van der Waals surface area contributed by atoms with Crippen LogP contribution >= 0.6 is 0 Å². The Kier molecular flexibility index (Phi) is 7.14. The van der Waals surface area contributed by atoms with Gasteiger partial charge in [-0.1, -0.05) is 0 Å². The first-order valence-corrected chi connectivity index (χ1v) is 12.6. The smallest absolute Gasteiger partial charge is 0.246 e.